The van der Waals surface area contributed by atoms with Crippen molar-refractivity contribution in [2.75, 3.05) is 26.7 Å². The van der Waals surface area contributed by atoms with E-state index in [2.05, 4.69) is 32.3 Å². The van der Waals surface area contributed by atoms with Gasteiger partial charge in [0.2, 0.25) is 17.7 Å². The van der Waals surface area contributed by atoms with Crippen molar-refractivity contribution in [1.29, 1.82) is 0 Å². The molecule has 40 heavy (non-hydrogen) atoms. The Morgan fingerprint density at radius 3 is 2.92 bits per heavy atom. The van der Waals surface area contributed by atoms with Crippen molar-refractivity contribution in [3.63, 3.8) is 0 Å². The van der Waals surface area contributed by atoms with Gasteiger partial charge < -0.3 is 24.9 Å². The summed E-state index contributed by atoms with van der Waals surface area (Å²) in [7, 11) is 1.77. The number of aromatic nitrogens is 1. The molecule has 4 N–H and O–H groups in total. The third-order valence-electron chi connectivity index (χ3n) is 8.20. The standard InChI is InChI=1S/C29H38N6O5/c1-19-26(40-18-31-19)17-39-23-6-5-21-16-35(13-8-20(21)14-23)11-3-4-25-24(28(30)37)7-10-32-29(25,38)33-22-9-12-34(2)27(36)15-22/h5-7,10,14,18,22,25,33,38H,3-4,8-9,11-13,15-17H2,1-2H3,(H2,30,37)/t22?,25-,29?/m0/s1. The third kappa shape index (κ3) is 6.27. The Kier molecular flexibility index (Phi) is 8.34. The second kappa shape index (κ2) is 11.9. The number of primary amides is 1. The van der Waals surface area contributed by atoms with Gasteiger partial charge in [-0.1, -0.05) is 6.07 Å². The minimum Gasteiger partial charge on any atom is -0.486 e. The average molecular weight is 551 g/mol. The lowest BCUT2D eigenvalue weighted by Gasteiger charge is -2.40. The molecule has 1 saturated heterocycles. The predicted molar refractivity (Wildman–Crippen MR) is 148 cm³/mol. The molecule has 11 heteroatoms. The van der Waals surface area contributed by atoms with E-state index in [1.807, 2.05) is 13.0 Å². The molecule has 2 aromatic rings. The zero-order chi connectivity index (χ0) is 28.3. The number of carbonyl (C=O) groups is 2. The number of benzene rings is 1. The van der Waals surface area contributed by atoms with Crippen LogP contribution >= 0.6 is 0 Å². The molecular formula is C29H38N6O5. The van der Waals surface area contributed by atoms with Crippen LogP contribution in [-0.4, -0.2) is 76.5 Å². The summed E-state index contributed by atoms with van der Waals surface area (Å²) in [5, 5.41) is 14.7. The number of likely N-dealkylation sites (tertiary alicyclic amines) is 1. The minimum absolute atomic E-state index is 0.0170. The number of aliphatic imine (C=N–C) groups is 1. The van der Waals surface area contributed by atoms with Gasteiger partial charge in [0.05, 0.1) is 11.6 Å². The second-order valence-electron chi connectivity index (χ2n) is 10.9. The highest BCUT2D eigenvalue weighted by molar-refractivity contribution is 5.97. The molecule has 1 fully saturated rings. The summed E-state index contributed by atoms with van der Waals surface area (Å²) in [6.45, 7) is 5.36. The monoisotopic (exact) mass is 550 g/mol. The number of ether oxygens (including phenoxy) is 1. The molecule has 4 heterocycles. The number of nitrogens with zero attached hydrogens (tertiary/aromatic N) is 4. The first-order chi connectivity index (χ1) is 19.2. The van der Waals surface area contributed by atoms with Crippen LogP contribution in [0.2, 0.25) is 0 Å². The van der Waals surface area contributed by atoms with E-state index in [4.69, 9.17) is 14.9 Å². The number of allylic oxidation sites excluding steroid dienone is 1. The largest absolute Gasteiger partial charge is 0.486 e. The summed E-state index contributed by atoms with van der Waals surface area (Å²) in [6.07, 6.45) is 7.58. The molecule has 2 unspecified atom stereocenters. The van der Waals surface area contributed by atoms with Crippen LogP contribution in [-0.2, 0) is 29.2 Å². The molecule has 3 aliphatic rings. The van der Waals surface area contributed by atoms with Crippen molar-refractivity contribution in [1.82, 2.24) is 20.1 Å². The third-order valence-corrected chi connectivity index (χ3v) is 8.20. The van der Waals surface area contributed by atoms with Crippen molar-refractivity contribution in [3.8, 4) is 5.75 Å². The van der Waals surface area contributed by atoms with E-state index in [9.17, 15) is 14.7 Å². The maximum absolute atomic E-state index is 12.3. The molecule has 214 valence electrons. The van der Waals surface area contributed by atoms with E-state index in [0.29, 0.717) is 31.6 Å². The number of nitrogens with two attached hydrogens (primary N) is 1. The number of amides is 2. The SMILES string of the molecule is Cc1ncoc1COc1ccc2c(c1)CCN(CCC[C@H]1C(C(N)=O)=CC=NC1(O)NC1CCN(C)C(=O)C1)C2. The fourth-order valence-electron chi connectivity index (χ4n) is 5.77. The van der Waals surface area contributed by atoms with Crippen LogP contribution < -0.4 is 15.8 Å². The number of hydrogen-bond donors (Lipinski definition) is 3. The number of nitrogens with one attached hydrogen (secondary N) is 1. The van der Waals surface area contributed by atoms with Crippen LogP contribution in [0.3, 0.4) is 0 Å². The number of aliphatic hydroxyl groups is 1. The van der Waals surface area contributed by atoms with Crippen molar-refractivity contribution >= 4 is 18.0 Å². The van der Waals surface area contributed by atoms with E-state index < -0.39 is 17.7 Å². The van der Waals surface area contributed by atoms with Gasteiger partial charge in [-0.15, -0.1) is 0 Å². The Balaban J connectivity index is 1.17. The van der Waals surface area contributed by atoms with Crippen LogP contribution in [0, 0.1) is 12.8 Å². The number of rotatable bonds is 10. The maximum atomic E-state index is 12.3. The van der Waals surface area contributed by atoms with Gasteiger partial charge in [-0.3, -0.25) is 19.8 Å². The minimum atomic E-state index is -1.69. The highest BCUT2D eigenvalue weighted by atomic mass is 16.5. The summed E-state index contributed by atoms with van der Waals surface area (Å²) < 4.78 is 11.3. The molecule has 5 rings (SSSR count). The number of aryl methyl sites for hydroxylation is 1. The molecular weight excluding hydrogens is 512 g/mol. The van der Waals surface area contributed by atoms with Crippen LogP contribution in [0.4, 0.5) is 0 Å². The maximum Gasteiger partial charge on any atom is 0.245 e. The molecule has 2 amide bonds. The van der Waals surface area contributed by atoms with Gasteiger partial charge >= 0.3 is 0 Å². The van der Waals surface area contributed by atoms with E-state index in [1.165, 1.54) is 23.7 Å². The van der Waals surface area contributed by atoms with Gasteiger partial charge in [0.25, 0.3) is 0 Å². The Morgan fingerprint density at radius 1 is 1.32 bits per heavy atom. The average Bonchev–Trinajstić information content (AvgIpc) is 3.34. The molecule has 0 radical (unpaired) electrons. The number of piperidine rings is 1. The lowest BCUT2D eigenvalue weighted by molar-refractivity contribution is -0.134. The summed E-state index contributed by atoms with van der Waals surface area (Å²) in [5.41, 5.74) is 9.41. The van der Waals surface area contributed by atoms with Crippen LogP contribution in [0.5, 0.6) is 5.75 Å². The quantitative estimate of drug-likeness (QED) is 0.379. The topological polar surface area (TPSA) is 147 Å². The second-order valence-corrected chi connectivity index (χ2v) is 10.9. The first-order valence-corrected chi connectivity index (χ1v) is 13.9. The zero-order valence-electron chi connectivity index (χ0n) is 23.1. The normalized spacial score (nSPS) is 25.0. The van der Waals surface area contributed by atoms with Gasteiger partial charge in [-0.2, -0.15) is 0 Å². The molecule has 3 atom stereocenters. The smallest absolute Gasteiger partial charge is 0.245 e. The van der Waals surface area contributed by atoms with E-state index in [0.717, 1.165) is 49.7 Å². The van der Waals surface area contributed by atoms with E-state index >= 15 is 0 Å². The Morgan fingerprint density at radius 2 is 2.17 bits per heavy atom. The lowest BCUT2D eigenvalue weighted by Crippen LogP contribution is -2.59. The zero-order valence-corrected chi connectivity index (χ0v) is 23.1. The summed E-state index contributed by atoms with van der Waals surface area (Å²) in [5.74, 6) is -1.31. The van der Waals surface area contributed by atoms with Gasteiger partial charge in [0.1, 0.15) is 12.4 Å². The van der Waals surface area contributed by atoms with Crippen molar-refractivity contribution in [2.24, 2.45) is 16.6 Å². The van der Waals surface area contributed by atoms with Crippen molar-refractivity contribution in [3.05, 3.63) is 58.8 Å². The number of dihydropyridines is 1. The molecule has 3 aliphatic heterocycles. The van der Waals surface area contributed by atoms with E-state index in [-0.39, 0.29) is 18.4 Å². The molecule has 11 nitrogen and oxygen atoms in total. The van der Waals surface area contributed by atoms with Crippen molar-refractivity contribution in [2.45, 2.75) is 64.1 Å². The summed E-state index contributed by atoms with van der Waals surface area (Å²) in [6, 6.07) is 5.96. The molecule has 0 saturated carbocycles. The van der Waals surface area contributed by atoms with Gasteiger partial charge in [0, 0.05) is 50.9 Å². The van der Waals surface area contributed by atoms with Gasteiger partial charge in [-0.05, 0) is 68.5 Å². The highest BCUT2D eigenvalue weighted by Crippen LogP contribution is 2.33. The number of hydrogen-bond acceptors (Lipinski definition) is 9. The molecule has 0 aliphatic carbocycles. The van der Waals surface area contributed by atoms with Crippen molar-refractivity contribution < 1.29 is 23.8 Å². The summed E-state index contributed by atoms with van der Waals surface area (Å²) >= 11 is 0. The molecule has 1 aromatic carbocycles. The lowest BCUT2D eigenvalue weighted by atomic mass is 9.85. The number of oxazole rings is 1. The van der Waals surface area contributed by atoms with E-state index in [1.54, 1.807) is 18.0 Å². The first-order valence-electron chi connectivity index (χ1n) is 13.9. The number of fused-ring (bicyclic) bond motifs is 1. The highest BCUT2D eigenvalue weighted by Gasteiger charge is 2.43. The van der Waals surface area contributed by atoms with Crippen LogP contribution in [0.15, 0.2) is 45.7 Å². The predicted octanol–water partition coefficient (Wildman–Crippen LogP) is 1.67. The number of carbonyl (C=O) groups excluding carboxylic acids is 2. The van der Waals surface area contributed by atoms with Gasteiger partial charge in [0.15, 0.2) is 12.2 Å². The Bertz CT molecular complexity index is 1310. The molecule has 1 aromatic heterocycles. The Hall–Kier alpha value is -3.54. The molecule has 0 bridgehead atoms. The first kappa shape index (κ1) is 28.0. The fourth-order valence-corrected chi connectivity index (χ4v) is 5.77. The van der Waals surface area contributed by atoms with Gasteiger partial charge in [-0.25, -0.2) is 9.98 Å². The van der Waals surface area contributed by atoms with Crippen LogP contribution in [0.1, 0.15) is 48.3 Å². The van der Waals surface area contributed by atoms with Crippen LogP contribution in [0.25, 0.3) is 0 Å². The molecule has 0 spiro atoms. The fraction of sp³-hybridized carbons (Fsp3) is 0.517. The Labute approximate surface area is 234 Å². The summed E-state index contributed by atoms with van der Waals surface area (Å²) in [4.78, 5) is 37.0.